The zero-order chi connectivity index (χ0) is 16.7. The number of ether oxygens (including phenoxy) is 3. The predicted molar refractivity (Wildman–Crippen MR) is 85.9 cm³/mol. The van der Waals surface area contributed by atoms with Crippen molar-refractivity contribution in [3.8, 4) is 11.5 Å². The maximum absolute atomic E-state index is 12.4. The zero-order valence-corrected chi connectivity index (χ0v) is 14.0. The summed E-state index contributed by atoms with van der Waals surface area (Å²) in [7, 11) is 1.47. The molecule has 0 aliphatic carbocycles. The van der Waals surface area contributed by atoms with Crippen LogP contribution in [0.4, 0.5) is 8.78 Å². The molecular formula is C15H21ClF2N2O4. The second-order valence-electron chi connectivity index (χ2n) is 5.06. The van der Waals surface area contributed by atoms with E-state index in [-0.39, 0.29) is 43.1 Å². The van der Waals surface area contributed by atoms with Crippen molar-refractivity contribution in [2.45, 2.75) is 25.6 Å². The number of hydrogen-bond donors (Lipinski definition) is 2. The van der Waals surface area contributed by atoms with Gasteiger partial charge in [0.2, 0.25) is 5.91 Å². The van der Waals surface area contributed by atoms with E-state index < -0.39 is 6.61 Å². The highest BCUT2D eigenvalue weighted by atomic mass is 35.5. The Hall–Kier alpha value is -1.64. The fourth-order valence-corrected chi connectivity index (χ4v) is 2.27. The number of rotatable bonds is 7. The lowest BCUT2D eigenvalue weighted by atomic mass is 10.1. The second-order valence-corrected chi connectivity index (χ2v) is 5.06. The first-order valence-electron chi connectivity index (χ1n) is 7.28. The van der Waals surface area contributed by atoms with E-state index in [1.54, 1.807) is 6.07 Å². The Labute approximate surface area is 145 Å². The largest absolute Gasteiger partial charge is 0.497 e. The van der Waals surface area contributed by atoms with E-state index in [1.807, 2.05) is 0 Å². The van der Waals surface area contributed by atoms with Crippen LogP contribution in [-0.4, -0.2) is 45.4 Å². The summed E-state index contributed by atoms with van der Waals surface area (Å²) < 4.78 is 39.6. The van der Waals surface area contributed by atoms with Gasteiger partial charge in [-0.25, -0.2) is 0 Å². The number of alkyl halides is 2. The molecule has 1 atom stereocenters. The molecule has 0 bridgehead atoms. The molecule has 6 nitrogen and oxygen atoms in total. The predicted octanol–water partition coefficient (Wildman–Crippen LogP) is 1.71. The van der Waals surface area contributed by atoms with Crippen molar-refractivity contribution in [3.63, 3.8) is 0 Å². The van der Waals surface area contributed by atoms with Crippen molar-refractivity contribution in [2.24, 2.45) is 0 Å². The summed E-state index contributed by atoms with van der Waals surface area (Å²) in [6, 6.07) is 4.43. The Morgan fingerprint density at radius 3 is 2.92 bits per heavy atom. The van der Waals surface area contributed by atoms with E-state index in [0.29, 0.717) is 31.1 Å². The van der Waals surface area contributed by atoms with Gasteiger partial charge in [0.05, 0.1) is 20.3 Å². The van der Waals surface area contributed by atoms with Gasteiger partial charge in [0.15, 0.2) is 0 Å². The minimum Gasteiger partial charge on any atom is -0.497 e. The molecule has 1 saturated heterocycles. The summed E-state index contributed by atoms with van der Waals surface area (Å²) in [5.41, 5.74) is 0.422. The highest BCUT2D eigenvalue weighted by Crippen LogP contribution is 2.25. The van der Waals surface area contributed by atoms with Crippen molar-refractivity contribution in [2.75, 3.05) is 26.9 Å². The third kappa shape index (κ3) is 6.46. The number of carbonyl (C=O) groups excluding carboxylic acids is 1. The van der Waals surface area contributed by atoms with Gasteiger partial charge in [0.1, 0.15) is 11.5 Å². The summed E-state index contributed by atoms with van der Waals surface area (Å²) in [4.78, 5) is 11.9. The van der Waals surface area contributed by atoms with Gasteiger partial charge in [-0.2, -0.15) is 8.78 Å². The maximum atomic E-state index is 12.4. The summed E-state index contributed by atoms with van der Waals surface area (Å²) in [5.74, 6) is 0.317. The zero-order valence-electron chi connectivity index (χ0n) is 13.2. The smallest absolute Gasteiger partial charge is 0.387 e. The first-order valence-corrected chi connectivity index (χ1v) is 7.28. The van der Waals surface area contributed by atoms with E-state index in [4.69, 9.17) is 9.47 Å². The minimum atomic E-state index is -2.93. The molecule has 1 fully saturated rings. The number of benzene rings is 1. The van der Waals surface area contributed by atoms with Gasteiger partial charge >= 0.3 is 6.61 Å². The molecule has 1 aromatic rings. The molecule has 24 heavy (non-hydrogen) atoms. The number of morpholine rings is 1. The summed E-state index contributed by atoms with van der Waals surface area (Å²) >= 11 is 0. The number of nitrogens with one attached hydrogen (secondary N) is 2. The highest BCUT2D eigenvalue weighted by molar-refractivity contribution is 5.85. The van der Waals surface area contributed by atoms with Gasteiger partial charge < -0.3 is 24.8 Å². The van der Waals surface area contributed by atoms with Gasteiger partial charge in [-0.3, -0.25) is 4.79 Å². The Balaban J connectivity index is 0.00000288. The molecule has 0 saturated carbocycles. The molecule has 136 valence electrons. The normalized spacial score (nSPS) is 17.1. The minimum absolute atomic E-state index is 0. The Bertz CT molecular complexity index is 528. The molecular weight excluding hydrogens is 346 g/mol. The SMILES string of the molecule is COc1ccc(OC(F)F)c(CNC(=O)CC2COCCN2)c1.Cl. The van der Waals surface area contributed by atoms with E-state index in [1.165, 1.54) is 19.2 Å². The number of amides is 1. The van der Waals surface area contributed by atoms with Crippen LogP contribution in [0, 0.1) is 0 Å². The number of hydrogen-bond acceptors (Lipinski definition) is 5. The van der Waals surface area contributed by atoms with Crippen LogP contribution in [0.15, 0.2) is 18.2 Å². The van der Waals surface area contributed by atoms with Crippen LogP contribution in [0.1, 0.15) is 12.0 Å². The number of carbonyl (C=O) groups is 1. The maximum Gasteiger partial charge on any atom is 0.387 e. The van der Waals surface area contributed by atoms with Gasteiger partial charge in [0, 0.05) is 31.1 Å². The molecule has 0 spiro atoms. The van der Waals surface area contributed by atoms with Gasteiger partial charge in [0.25, 0.3) is 0 Å². The van der Waals surface area contributed by atoms with Crippen LogP contribution in [0.25, 0.3) is 0 Å². The number of halogens is 3. The molecule has 2 rings (SSSR count). The molecule has 1 amide bonds. The molecule has 1 aliphatic heterocycles. The van der Waals surface area contributed by atoms with E-state index in [2.05, 4.69) is 15.4 Å². The van der Waals surface area contributed by atoms with E-state index in [9.17, 15) is 13.6 Å². The monoisotopic (exact) mass is 366 g/mol. The summed E-state index contributed by atoms with van der Waals surface area (Å²) in [6.45, 7) is -1.03. The highest BCUT2D eigenvalue weighted by Gasteiger charge is 2.17. The lowest BCUT2D eigenvalue weighted by Gasteiger charge is -2.23. The van der Waals surface area contributed by atoms with Crippen LogP contribution in [0.3, 0.4) is 0 Å². The van der Waals surface area contributed by atoms with Gasteiger partial charge in [-0.05, 0) is 18.2 Å². The average molecular weight is 367 g/mol. The van der Waals surface area contributed by atoms with Crippen LogP contribution in [-0.2, 0) is 16.1 Å². The van der Waals surface area contributed by atoms with Crippen LogP contribution < -0.4 is 20.1 Å². The third-order valence-corrected chi connectivity index (χ3v) is 3.39. The third-order valence-electron chi connectivity index (χ3n) is 3.39. The molecule has 1 aromatic carbocycles. The van der Waals surface area contributed by atoms with Crippen molar-refractivity contribution in [3.05, 3.63) is 23.8 Å². The fraction of sp³-hybridized carbons (Fsp3) is 0.533. The lowest BCUT2D eigenvalue weighted by molar-refractivity contribution is -0.122. The van der Waals surface area contributed by atoms with Crippen molar-refractivity contribution in [1.82, 2.24) is 10.6 Å². The fourth-order valence-electron chi connectivity index (χ4n) is 2.27. The van der Waals surface area contributed by atoms with Crippen molar-refractivity contribution >= 4 is 18.3 Å². The van der Waals surface area contributed by atoms with Crippen LogP contribution >= 0.6 is 12.4 Å². The molecule has 0 radical (unpaired) electrons. The van der Waals surface area contributed by atoms with E-state index >= 15 is 0 Å². The van der Waals surface area contributed by atoms with E-state index in [0.717, 1.165) is 0 Å². The Morgan fingerprint density at radius 2 is 2.29 bits per heavy atom. The summed E-state index contributed by atoms with van der Waals surface area (Å²) in [6.07, 6.45) is 0.259. The Kier molecular flexibility index (Phi) is 8.73. The van der Waals surface area contributed by atoms with Crippen LogP contribution in [0.2, 0.25) is 0 Å². The summed E-state index contributed by atoms with van der Waals surface area (Å²) in [5, 5.41) is 5.87. The standard InChI is InChI=1S/C15H20F2N2O4.ClH/c1-21-12-2-3-13(23-15(16)17)10(6-12)8-19-14(20)7-11-9-22-5-4-18-11;/h2-3,6,11,15,18H,4-5,7-9H2,1H3,(H,19,20);1H. The molecule has 0 aromatic heterocycles. The molecule has 2 N–H and O–H groups in total. The first-order chi connectivity index (χ1) is 11.1. The molecule has 1 unspecified atom stereocenters. The molecule has 9 heteroatoms. The average Bonchev–Trinajstić information content (AvgIpc) is 2.54. The van der Waals surface area contributed by atoms with Crippen molar-refractivity contribution in [1.29, 1.82) is 0 Å². The topological polar surface area (TPSA) is 68.8 Å². The Morgan fingerprint density at radius 1 is 1.50 bits per heavy atom. The number of methoxy groups -OCH3 is 1. The molecule has 1 heterocycles. The van der Waals surface area contributed by atoms with Gasteiger partial charge in [-0.1, -0.05) is 0 Å². The van der Waals surface area contributed by atoms with Crippen LogP contribution in [0.5, 0.6) is 11.5 Å². The van der Waals surface area contributed by atoms with Crippen molar-refractivity contribution < 1.29 is 27.8 Å². The second kappa shape index (κ2) is 10.3. The molecule has 1 aliphatic rings. The first kappa shape index (κ1) is 20.4. The van der Waals surface area contributed by atoms with Gasteiger partial charge in [-0.15, -0.1) is 12.4 Å². The quantitative estimate of drug-likeness (QED) is 0.769. The lowest BCUT2D eigenvalue weighted by Crippen LogP contribution is -2.44.